The molecule has 10 rings (SSSR count). The highest BCUT2D eigenvalue weighted by molar-refractivity contribution is 6.17. The molecule has 0 aliphatic heterocycles. The summed E-state index contributed by atoms with van der Waals surface area (Å²) in [4.78, 5) is 14.4. The summed E-state index contributed by atoms with van der Waals surface area (Å²) in [6.45, 7) is 0. The average molecular weight is 628 g/mol. The van der Waals surface area contributed by atoms with Gasteiger partial charge in [0.2, 0.25) is 0 Å². The van der Waals surface area contributed by atoms with Gasteiger partial charge in [-0.15, -0.1) is 0 Å². The number of rotatable bonds is 4. The topological polar surface area (TPSA) is 31.9 Å². The molecule has 0 unspecified atom stereocenters. The molecule has 0 aliphatic carbocycles. The molecular formula is C45H29N3O. The van der Waals surface area contributed by atoms with Crippen LogP contribution >= 0.6 is 0 Å². The van der Waals surface area contributed by atoms with E-state index in [0.29, 0.717) is 5.39 Å². The standard InChI is InChI=1S/C45H29N3O/c49-45-38-17-5-4-16-37(38)43-44(39-18-8-11-21-42(39)47(43)32-12-2-1-3-13-32)48(45)34-28-24-31(25-29-34)30-22-26-33(27-23-30)46-40-19-9-6-14-35(40)36-15-7-10-20-41(36)46/h1-29H. The third-order valence-corrected chi connectivity index (χ3v) is 9.87. The average Bonchev–Trinajstić information content (AvgIpc) is 3.69. The maximum absolute atomic E-state index is 14.4. The van der Waals surface area contributed by atoms with Crippen LogP contribution in [0.25, 0.3) is 82.7 Å². The van der Waals surface area contributed by atoms with Crippen LogP contribution in [0, 0.1) is 0 Å². The van der Waals surface area contributed by atoms with E-state index in [1.807, 2.05) is 34.9 Å². The Labute approximate surface area is 281 Å². The van der Waals surface area contributed by atoms with Gasteiger partial charge in [-0.1, -0.05) is 115 Å². The maximum atomic E-state index is 14.4. The molecule has 0 radical (unpaired) electrons. The van der Waals surface area contributed by atoms with Gasteiger partial charge in [-0.3, -0.25) is 9.36 Å². The lowest BCUT2D eigenvalue weighted by atomic mass is 10.0. The minimum atomic E-state index is -0.0256. The molecular weight excluding hydrogens is 599 g/mol. The normalized spacial score (nSPS) is 11.8. The fourth-order valence-corrected chi connectivity index (χ4v) is 7.69. The van der Waals surface area contributed by atoms with Gasteiger partial charge in [-0.25, -0.2) is 0 Å². The summed E-state index contributed by atoms with van der Waals surface area (Å²) in [5.74, 6) is 0. The van der Waals surface area contributed by atoms with Crippen molar-refractivity contribution in [3.05, 3.63) is 186 Å². The first-order chi connectivity index (χ1) is 24.3. The number of hydrogen-bond acceptors (Lipinski definition) is 1. The molecule has 0 amide bonds. The lowest BCUT2D eigenvalue weighted by molar-refractivity contribution is 1.06. The monoisotopic (exact) mass is 627 g/mol. The first kappa shape index (κ1) is 27.5. The second-order valence-electron chi connectivity index (χ2n) is 12.5. The van der Waals surface area contributed by atoms with Crippen LogP contribution < -0.4 is 5.56 Å². The van der Waals surface area contributed by atoms with Crippen LogP contribution in [0.4, 0.5) is 0 Å². The molecule has 230 valence electrons. The van der Waals surface area contributed by atoms with Crippen molar-refractivity contribution < 1.29 is 0 Å². The molecule has 0 saturated heterocycles. The van der Waals surface area contributed by atoms with Gasteiger partial charge in [0.25, 0.3) is 5.56 Å². The zero-order valence-electron chi connectivity index (χ0n) is 26.5. The van der Waals surface area contributed by atoms with Crippen LogP contribution in [0.2, 0.25) is 0 Å². The lowest BCUT2D eigenvalue weighted by Crippen LogP contribution is -2.19. The van der Waals surface area contributed by atoms with Crippen LogP contribution in [-0.4, -0.2) is 13.7 Å². The van der Waals surface area contributed by atoms with Crippen molar-refractivity contribution >= 4 is 54.5 Å². The largest absolute Gasteiger partial charge is 0.309 e. The molecule has 0 bridgehead atoms. The quantitative estimate of drug-likeness (QED) is 0.191. The highest BCUT2D eigenvalue weighted by atomic mass is 16.1. The third kappa shape index (κ3) is 4.07. The molecule has 0 spiro atoms. The van der Waals surface area contributed by atoms with Gasteiger partial charge in [0.15, 0.2) is 0 Å². The first-order valence-electron chi connectivity index (χ1n) is 16.6. The van der Waals surface area contributed by atoms with Crippen molar-refractivity contribution in [2.24, 2.45) is 0 Å². The molecule has 0 saturated carbocycles. The van der Waals surface area contributed by atoms with E-state index in [1.165, 1.54) is 21.8 Å². The Morgan fingerprint density at radius 1 is 0.286 bits per heavy atom. The zero-order chi connectivity index (χ0) is 32.5. The molecule has 0 N–H and O–H groups in total. The Morgan fingerprint density at radius 3 is 1.24 bits per heavy atom. The Hall–Kier alpha value is -6.65. The Kier molecular flexibility index (Phi) is 5.99. The summed E-state index contributed by atoms with van der Waals surface area (Å²) in [7, 11) is 0. The Morgan fingerprint density at radius 2 is 0.673 bits per heavy atom. The molecule has 4 nitrogen and oxygen atoms in total. The molecule has 49 heavy (non-hydrogen) atoms. The van der Waals surface area contributed by atoms with Gasteiger partial charge >= 0.3 is 0 Å². The van der Waals surface area contributed by atoms with Crippen LogP contribution in [-0.2, 0) is 0 Å². The van der Waals surface area contributed by atoms with Crippen LogP contribution in [0.1, 0.15) is 0 Å². The van der Waals surface area contributed by atoms with E-state index in [-0.39, 0.29) is 5.56 Å². The fourth-order valence-electron chi connectivity index (χ4n) is 7.69. The third-order valence-electron chi connectivity index (χ3n) is 9.87. The van der Waals surface area contributed by atoms with Crippen molar-refractivity contribution in [1.29, 1.82) is 0 Å². The maximum Gasteiger partial charge on any atom is 0.263 e. The molecule has 3 heterocycles. The minimum absolute atomic E-state index is 0.0256. The second-order valence-corrected chi connectivity index (χ2v) is 12.5. The fraction of sp³-hybridized carbons (Fsp3) is 0. The van der Waals surface area contributed by atoms with E-state index < -0.39 is 0 Å². The van der Waals surface area contributed by atoms with Crippen molar-refractivity contribution in [2.75, 3.05) is 0 Å². The number of nitrogens with zero attached hydrogens (tertiary/aromatic N) is 3. The summed E-state index contributed by atoms with van der Waals surface area (Å²) in [6, 6.07) is 61.0. The van der Waals surface area contributed by atoms with Gasteiger partial charge in [0, 0.05) is 44.0 Å². The number of fused-ring (bicyclic) bond motifs is 8. The molecule has 4 heteroatoms. The number of hydrogen-bond donors (Lipinski definition) is 0. The second kappa shape index (κ2) is 10.7. The molecule has 0 atom stereocenters. The van der Waals surface area contributed by atoms with Gasteiger partial charge in [0.05, 0.1) is 27.6 Å². The van der Waals surface area contributed by atoms with Crippen molar-refractivity contribution in [3.63, 3.8) is 0 Å². The van der Waals surface area contributed by atoms with Gasteiger partial charge in [-0.05, 0) is 71.8 Å². The van der Waals surface area contributed by atoms with Crippen LogP contribution in [0.3, 0.4) is 0 Å². The number of benzene rings is 7. The van der Waals surface area contributed by atoms with E-state index in [2.05, 4.69) is 155 Å². The minimum Gasteiger partial charge on any atom is -0.309 e. The van der Waals surface area contributed by atoms with Crippen molar-refractivity contribution in [2.45, 2.75) is 0 Å². The van der Waals surface area contributed by atoms with Crippen molar-refractivity contribution in [3.8, 4) is 28.2 Å². The summed E-state index contributed by atoms with van der Waals surface area (Å²) in [6.07, 6.45) is 0. The van der Waals surface area contributed by atoms with E-state index in [4.69, 9.17) is 0 Å². The molecule has 7 aromatic carbocycles. The number of pyridine rings is 1. The van der Waals surface area contributed by atoms with E-state index in [9.17, 15) is 4.79 Å². The summed E-state index contributed by atoms with van der Waals surface area (Å²) >= 11 is 0. The molecule has 10 aromatic rings. The Balaban J connectivity index is 1.13. The lowest BCUT2D eigenvalue weighted by Gasteiger charge is -2.14. The summed E-state index contributed by atoms with van der Waals surface area (Å²) in [5.41, 5.74) is 10.6. The molecule has 3 aromatic heterocycles. The predicted octanol–water partition coefficient (Wildman–Crippen LogP) is 10.9. The van der Waals surface area contributed by atoms with Crippen molar-refractivity contribution in [1.82, 2.24) is 13.7 Å². The summed E-state index contributed by atoms with van der Waals surface area (Å²) < 4.78 is 6.52. The van der Waals surface area contributed by atoms with Gasteiger partial charge in [-0.2, -0.15) is 0 Å². The first-order valence-corrected chi connectivity index (χ1v) is 16.6. The van der Waals surface area contributed by atoms with E-state index >= 15 is 0 Å². The smallest absolute Gasteiger partial charge is 0.263 e. The van der Waals surface area contributed by atoms with Crippen LogP contribution in [0.15, 0.2) is 181 Å². The number of para-hydroxylation sites is 4. The van der Waals surface area contributed by atoms with Gasteiger partial charge in [0.1, 0.15) is 0 Å². The number of aromatic nitrogens is 3. The highest BCUT2D eigenvalue weighted by Gasteiger charge is 2.21. The Bertz CT molecular complexity index is 2870. The van der Waals surface area contributed by atoms with Gasteiger partial charge < -0.3 is 9.13 Å². The summed E-state index contributed by atoms with van der Waals surface area (Å²) in [5, 5.41) is 5.18. The molecule has 0 aliphatic rings. The van der Waals surface area contributed by atoms with E-state index in [1.54, 1.807) is 0 Å². The zero-order valence-corrected chi connectivity index (χ0v) is 26.5. The SMILES string of the molecule is O=c1c2ccccc2c2c(c3ccccc3n2-c2ccccc2)n1-c1ccc(-c2ccc(-n3c4ccccc4c4ccccc43)cc2)cc1. The predicted molar refractivity (Wildman–Crippen MR) is 204 cm³/mol. The van der Waals surface area contributed by atoms with E-state index in [0.717, 1.165) is 55.5 Å². The van der Waals surface area contributed by atoms with Crippen LogP contribution in [0.5, 0.6) is 0 Å². The highest BCUT2D eigenvalue weighted by Crippen LogP contribution is 2.37. The molecule has 0 fully saturated rings.